The van der Waals surface area contributed by atoms with Crippen molar-refractivity contribution < 1.29 is 0 Å². The van der Waals surface area contributed by atoms with Gasteiger partial charge in [-0.15, -0.1) is 0 Å². The van der Waals surface area contributed by atoms with E-state index in [1.807, 2.05) is 38.4 Å². The molecule has 10 rings (SSSR count). The third-order valence-electron chi connectivity index (χ3n) is 9.60. The molecule has 52 heavy (non-hydrogen) atoms. The van der Waals surface area contributed by atoms with Crippen LogP contribution in [0.15, 0.2) is 155 Å². The molecule has 0 N–H and O–H groups in total. The summed E-state index contributed by atoms with van der Waals surface area (Å²) in [5, 5.41) is 9.37. The van der Waals surface area contributed by atoms with Gasteiger partial charge in [0.25, 0.3) is 0 Å². The molecule has 0 atom stereocenters. The lowest BCUT2D eigenvalue weighted by atomic mass is 9.93. The molecule has 0 fully saturated rings. The van der Waals surface area contributed by atoms with E-state index in [4.69, 9.17) is 15.0 Å². The predicted octanol–water partition coefficient (Wildman–Crippen LogP) is 13.3. The molecular weight excluding hydrogens is 768 g/mol. The highest BCUT2D eigenvalue weighted by Crippen LogP contribution is 2.38. The van der Waals surface area contributed by atoms with Crippen molar-refractivity contribution in [2.75, 3.05) is 0 Å². The molecule has 0 aliphatic rings. The predicted molar refractivity (Wildman–Crippen MR) is 225 cm³/mol. The fourth-order valence-corrected chi connectivity index (χ4v) is 7.91. The number of aromatic nitrogens is 4. The second-order valence-electron chi connectivity index (χ2n) is 13.0. The molecule has 2 aromatic heterocycles. The van der Waals surface area contributed by atoms with Crippen molar-refractivity contribution in [2.24, 2.45) is 0 Å². The van der Waals surface area contributed by atoms with E-state index in [2.05, 4.69) is 158 Å². The summed E-state index contributed by atoms with van der Waals surface area (Å²) in [6.45, 7) is 3.98. The van der Waals surface area contributed by atoms with Crippen molar-refractivity contribution in [1.29, 1.82) is 0 Å². The Morgan fingerprint density at radius 1 is 0.346 bits per heavy atom. The highest BCUT2D eigenvalue weighted by Gasteiger charge is 2.14. The van der Waals surface area contributed by atoms with Crippen LogP contribution >= 0.6 is 31.9 Å². The van der Waals surface area contributed by atoms with Crippen molar-refractivity contribution in [1.82, 2.24) is 19.9 Å². The minimum Gasteiger partial charge on any atom is -0.252 e. The summed E-state index contributed by atoms with van der Waals surface area (Å²) in [4.78, 5) is 19.1. The molecule has 0 amide bonds. The van der Waals surface area contributed by atoms with Crippen LogP contribution in [0.25, 0.3) is 87.4 Å². The Hall–Kier alpha value is -5.56. The molecule has 0 radical (unpaired) electrons. The van der Waals surface area contributed by atoms with Crippen LogP contribution in [0.5, 0.6) is 0 Å². The maximum Gasteiger partial charge on any atom is 0.0975 e. The number of hydrogen-bond acceptors (Lipinski definition) is 4. The molecule has 10 aromatic rings. The van der Waals surface area contributed by atoms with Gasteiger partial charge in [0.05, 0.1) is 33.5 Å². The van der Waals surface area contributed by atoms with Gasteiger partial charge >= 0.3 is 0 Å². The van der Waals surface area contributed by atoms with Gasteiger partial charge < -0.3 is 0 Å². The fraction of sp³-hybridized carbons (Fsp3) is 0.0435. The summed E-state index contributed by atoms with van der Waals surface area (Å²) < 4.78 is 2.10. The third-order valence-corrected chi connectivity index (χ3v) is 10.6. The van der Waals surface area contributed by atoms with E-state index < -0.39 is 0 Å². The van der Waals surface area contributed by atoms with Crippen LogP contribution in [-0.4, -0.2) is 19.9 Å². The number of rotatable bonds is 2. The molecular formula is C46H30Br2N4. The lowest BCUT2D eigenvalue weighted by molar-refractivity contribution is 1.19. The van der Waals surface area contributed by atoms with Gasteiger partial charge in [-0.2, -0.15) is 0 Å². The zero-order valence-corrected chi connectivity index (χ0v) is 31.6. The first kappa shape index (κ1) is 32.4. The minimum absolute atomic E-state index is 0.928. The Morgan fingerprint density at radius 3 is 1.15 bits per heavy atom. The highest BCUT2D eigenvalue weighted by molar-refractivity contribution is 9.10. The van der Waals surface area contributed by atoms with Crippen molar-refractivity contribution in [3.63, 3.8) is 0 Å². The second kappa shape index (κ2) is 13.2. The summed E-state index contributed by atoms with van der Waals surface area (Å²) in [5.41, 5.74) is 10.5. The van der Waals surface area contributed by atoms with Crippen LogP contribution in [0.3, 0.4) is 0 Å². The van der Waals surface area contributed by atoms with Gasteiger partial charge in [0, 0.05) is 42.9 Å². The SMILES string of the molecule is Cc1cnc2c3cc(-c4ccccc4)ccc3c3ccc(-c4ccccc4)cc3c2n1.Cc1cnc2c3cc(Br)ccc3c3ccc(Br)cc3c2n1. The molecule has 6 heteroatoms. The van der Waals surface area contributed by atoms with E-state index in [9.17, 15) is 0 Å². The van der Waals surface area contributed by atoms with Crippen LogP contribution in [0.4, 0.5) is 0 Å². The first-order valence-electron chi connectivity index (χ1n) is 17.1. The fourth-order valence-electron chi connectivity index (χ4n) is 7.19. The largest absolute Gasteiger partial charge is 0.252 e. The van der Waals surface area contributed by atoms with Crippen LogP contribution in [0.2, 0.25) is 0 Å². The maximum atomic E-state index is 4.93. The standard InChI is InChI=1S/C29H20N2.C17H10Br2N2/c1-19-18-30-28-26-16-22(20-8-4-2-5-9-20)12-14-24(26)25-15-13-23(17-27(25)29(28)31-19)21-10-6-3-7-11-21;1-9-8-20-16-14-6-10(18)2-4-12(14)13-5-3-11(19)7-15(13)17(16)21-9/h2-18H,1H3;2-8H,1H3. The summed E-state index contributed by atoms with van der Waals surface area (Å²) in [6.07, 6.45) is 3.69. The van der Waals surface area contributed by atoms with Gasteiger partial charge in [-0.05, 0) is 94.0 Å². The van der Waals surface area contributed by atoms with Crippen molar-refractivity contribution in [3.8, 4) is 22.3 Å². The molecule has 0 saturated carbocycles. The summed E-state index contributed by atoms with van der Waals surface area (Å²) in [6, 6.07) is 47.0. The molecule has 0 unspecified atom stereocenters. The molecule has 0 aliphatic heterocycles. The molecule has 0 aliphatic carbocycles. The quantitative estimate of drug-likeness (QED) is 0.163. The van der Waals surface area contributed by atoms with E-state index in [1.54, 1.807) is 0 Å². The van der Waals surface area contributed by atoms with Crippen molar-refractivity contribution in [3.05, 3.63) is 166 Å². The summed E-state index contributed by atoms with van der Waals surface area (Å²) >= 11 is 7.11. The van der Waals surface area contributed by atoms with E-state index in [0.717, 1.165) is 63.9 Å². The summed E-state index contributed by atoms with van der Waals surface area (Å²) in [5.74, 6) is 0. The minimum atomic E-state index is 0.928. The Labute approximate surface area is 317 Å². The zero-order chi connectivity index (χ0) is 35.3. The lowest BCUT2D eigenvalue weighted by Gasteiger charge is -2.13. The Balaban J connectivity index is 0.000000149. The number of fused-ring (bicyclic) bond motifs is 12. The highest BCUT2D eigenvalue weighted by atomic mass is 79.9. The van der Waals surface area contributed by atoms with E-state index >= 15 is 0 Å². The molecule has 8 aromatic carbocycles. The van der Waals surface area contributed by atoms with Gasteiger partial charge in [-0.25, -0.2) is 9.97 Å². The van der Waals surface area contributed by atoms with Crippen LogP contribution in [0.1, 0.15) is 11.4 Å². The number of nitrogens with zero attached hydrogens (tertiary/aromatic N) is 4. The van der Waals surface area contributed by atoms with Gasteiger partial charge in [-0.1, -0.05) is 129 Å². The first-order valence-corrected chi connectivity index (χ1v) is 18.7. The molecule has 248 valence electrons. The number of hydrogen-bond donors (Lipinski definition) is 0. The van der Waals surface area contributed by atoms with Crippen LogP contribution < -0.4 is 0 Å². The number of aryl methyl sites for hydroxylation is 2. The Bertz CT molecular complexity index is 3000. The van der Waals surface area contributed by atoms with E-state index in [0.29, 0.717) is 0 Å². The third kappa shape index (κ3) is 5.78. The second-order valence-corrected chi connectivity index (χ2v) is 14.9. The lowest BCUT2D eigenvalue weighted by Crippen LogP contribution is -1.92. The molecule has 0 saturated heterocycles. The molecule has 0 spiro atoms. The maximum absolute atomic E-state index is 4.93. The van der Waals surface area contributed by atoms with Gasteiger partial charge in [0.2, 0.25) is 0 Å². The normalized spacial score (nSPS) is 11.5. The Kier molecular flexibility index (Phi) is 8.22. The average molecular weight is 799 g/mol. The molecule has 4 nitrogen and oxygen atoms in total. The topological polar surface area (TPSA) is 51.6 Å². The molecule has 2 heterocycles. The first-order chi connectivity index (χ1) is 25.4. The van der Waals surface area contributed by atoms with E-state index in [-0.39, 0.29) is 0 Å². The van der Waals surface area contributed by atoms with Gasteiger partial charge in [0.15, 0.2) is 0 Å². The number of halogens is 2. The molecule has 0 bridgehead atoms. The van der Waals surface area contributed by atoms with Crippen molar-refractivity contribution >= 4 is 97.0 Å². The van der Waals surface area contributed by atoms with E-state index in [1.165, 1.54) is 43.8 Å². The Morgan fingerprint density at radius 2 is 0.712 bits per heavy atom. The smallest absolute Gasteiger partial charge is 0.0975 e. The van der Waals surface area contributed by atoms with Crippen molar-refractivity contribution in [2.45, 2.75) is 13.8 Å². The number of benzene rings is 8. The van der Waals surface area contributed by atoms with Gasteiger partial charge in [0.1, 0.15) is 0 Å². The van der Waals surface area contributed by atoms with Gasteiger partial charge in [-0.3, -0.25) is 9.97 Å². The zero-order valence-electron chi connectivity index (χ0n) is 28.4. The summed E-state index contributed by atoms with van der Waals surface area (Å²) in [7, 11) is 0. The average Bonchev–Trinajstić information content (AvgIpc) is 3.18. The van der Waals surface area contributed by atoms with Crippen LogP contribution in [-0.2, 0) is 0 Å². The monoisotopic (exact) mass is 796 g/mol. The van der Waals surface area contributed by atoms with Crippen LogP contribution in [0, 0.1) is 13.8 Å².